The maximum Gasteiger partial charge on any atom is -1.00 e. The van der Waals surface area contributed by atoms with Crippen molar-refractivity contribution < 1.29 is 54.9 Å². The topological polar surface area (TPSA) is 0 Å². The summed E-state index contributed by atoms with van der Waals surface area (Å²) in [4.78, 5) is 0. The first-order valence-electron chi connectivity index (χ1n) is 15.4. The Morgan fingerprint density at radius 3 is 1.59 bits per heavy atom. The summed E-state index contributed by atoms with van der Waals surface area (Å²) in [6.45, 7) is 17.2. The number of benzene rings is 4. The van der Waals surface area contributed by atoms with Crippen LogP contribution in [0.5, 0.6) is 0 Å². The van der Waals surface area contributed by atoms with E-state index in [2.05, 4.69) is 89.4 Å². The number of hydrogen-bond donors (Lipinski definition) is 0. The van der Waals surface area contributed by atoms with E-state index in [1.54, 1.807) is 24.3 Å². The Labute approximate surface area is 292 Å². The summed E-state index contributed by atoms with van der Waals surface area (Å²) >= 11 is -3.10. The van der Waals surface area contributed by atoms with Crippen molar-refractivity contribution in [2.75, 3.05) is 0 Å². The third-order valence-corrected chi connectivity index (χ3v) is 17.6. The molecule has 46 heavy (non-hydrogen) atoms. The van der Waals surface area contributed by atoms with Gasteiger partial charge in [0, 0.05) is 0 Å². The Bertz CT molecular complexity index is 1770. The Morgan fingerprint density at radius 1 is 0.739 bits per heavy atom. The van der Waals surface area contributed by atoms with Gasteiger partial charge in [0.05, 0.1) is 0 Å². The third kappa shape index (κ3) is 6.71. The number of hydrogen-bond acceptors (Lipinski definition) is 0. The molecule has 0 radical (unpaired) electrons. The fourth-order valence-electron chi connectivity index (χ4n) is 6.73. The molecule has 0 amide bonds. The predicted octanol–water partition coefficient (Wildman–Crippen LogP) is 5.11. The van der Waals surface area contributed by atoms with Crippen molar-refractivity contribution >= 4 is 15.4 Å². The second-order valence-electron chi connectivity index (χ2n) is 12.8. The molecule has 6 rings (SSSR count). The van der Waals surface area contributed by atoms with Crippen molar-refractivity contribution in [1.82, 2.24) is 0 Å². The molecule has 1 unspecified atom stereocenters. The molecule has 0 saturated carbocycles. The zero-order valence-electron chi connectivity index (χ0n) is 26.7. The van der Waals surface area contributed by atoms with E-state index in [-0.39, 0.29) is 45.5 Å². The summed E-state index contributed by atoms with van der Waals surface area (Å²) in [5, 5.41) is 0. The van der Waals surface area contributed by atoms with Gasteiger partial charge < -0.3 is 24.8 Å². The summed E-state index contributed by atoms with van der Waals surface area (Å²) in [5.41, 5.74) is 10.8. The number of fused-ring (bicyclic) bond motifs is 3. The molecule has 0 spiro atoms. The van der Waals surface area contributed by atoms with Crippen LogP contribution in [-0.4, -0.2) is 3.21 Å². The van der Waals surface area contributed by atoms with Gasteiger partial charge in [0.15, 0.2) is 0 Å². The normalized spacial score (nSPS) is 14.8. The first-order chi connectivity index (χ1) is 21.1. The zero-order chi connectivity index (χ0) is 31.2. The molecule has 1 atom stereocenters. The fourth-order valence-corrected chi connectivity index (χ4v) is 16.5. The first kappa shape index (κ1) is 35.9. The van der Waals surface area contributed by atoms with Crippen LogP contribution >= 0.6 is 0 Å². The Kier molecular flexibility index (Phi) is 11.3. The van der Waals surface area contributed by atoms with Crippen LogP contribution < -0.4 is 24.8 Å². The van der Waals surface area contributed by atoms with Crippen molar-refractivity contribution in [3.8, 4) is 11.1 Å². The van der Waals surface area contributed by atoms with Gasteiger partial charge in [-0.15, -0.1) is 0 Å². The van der Waals surface area contributed by atoms with Gasteiger partial charge in [-0.3, -0.25) is 0 Å². The van der Waals surface area contributed by atoms with E-state index in [9.17, 15) is 8.78 Å². The Balaban J connectivity index is 0.00000240. The molecule has 4 aromatic carbocycles. The van der Waals surface area contributed by atoms with Crippen molar-refractivity contribution in [2.24, 2.45) is 11.3 Å². The van der Waals surface area contributed by atoms with Gasteiger partial charge in [0.25, 0.3) is 0 Å². The molecule has 0 fully saturated rings. The van der Waals surface area contributed by atoms with Crippen LogP contribution in [0.4, 0.5) is 8.78 Å². The summed E-state index contributed by atoms with van der Waals surface area (Å²) in [6.07, 6.45) is 9.81. The van der Waals surface area contributed by atoms with Gasteiger partial charge in [-0.05, 0) is 0 Å². The maximum absolute atomic E-state index is 14.4. The average molecular weight is 731 g/mol. The molecular weight excluding hydrogens is 693 g/mol. The third-order valence-electron chi connectivity index (χ3n) is 9.07. The van der Waals surface area contributed by atoms with Crippen molar-refractivity contribution in [2.45, 2.75) is 37.7 Å². The zero-order valence-corrected chi connectivity index (χ0v) is 30.7. The van der Waals surface area contributed by atoms with Crippen LogP contribution in [0.25, 0.3) is 23.3 Å². The molecule has 0 N–H and O–H groups in total. The van der Waals surface area contributed by atoms with Gasteiger partial charge >= 0.3 is 270 Å². The van der Waals surface area contributed by atoms with Crippen LogP contribution in [0.2, 0.25) is 0 Å². The molecule has 0 aromatic heterocycles. The largest absolute Gasteiger partial charge is 1.00 e. The SMILES string of the molecule is C=Cc1ccc2c(c1)-c1cc(C=C)ccc1[CH]2[Zr+2]([C]1=CC(C(C)(C)C)=CC1CC)=[C](c1ccc(F)cc1)c1ccc(F)cc1.[Cl-].[Cl-]. The van der Waals surface area contributed by atoms with Crippen LogP contribution in [0, 0.1) is 23.0 Å². The first-order valence-corrected chi connectivity index (χ1v) is 19.2. The van der Waals surface area contributed by atoms with Crippen molar-refractivity contribution in [3.63, 3.8) is 0 Å². The molecule has 4 aromatic rings. The Morgan fingerprint density at radius 2 is 1.20 bits per heavy atom. The van der Waals surface area contributed by atoms with Gasteiger partial charge in [-0.1, -0.05) is 0 Å². The number of allylic oxidation sites excluding steroid dienone is 4. The summed E-state index contributed by atoms with van der Waals surface area (Å²) in [6, 6.07) is 27.4. The second-order valence-corrected chi connectivity index (χ2v) is 18.9. The van der Waals surface area contributed by atoms with E-state index in [0.717, 1.165) is 28.7 Å². The minimum atomic E-state index is -3.10. The minimum absolute atomic E-state index is 0. The average Bonchev–Trinajstić information content (AvgIpc) is 3.60. The van der Waals surface area contributed by atoms with E-state index in [1.165, 1.54) is 34.3 Å². The molecule has 234 valence electrons. The molecule has 5 heteroatoms. The molecule has 0 aliphatic heterocycles. The standard InChI is InChI=1S/C17H13.C13H8F2.C11H17.2ClH.Zr/c1-3-12-5-7-14-11-15-8-6-13(4-2)10-17(15)16(14)9-12;14-12-5-1-10(2-6-12)9-11-3-7-13(15)8-4-11;1-5-9-6-7-10(8-9)11(2,3)4;;;/h3-11H,1-2H2;1-8H;7-9H,5H2,1-4H3;2*1H;/q;;;;;+2/p-2. The van der Waals surface area contributed by atoms with E-state index in [4.69, 9.17) is 0 Å². The molecule has 0 heterocycles. The quantitative estimate of drug-likeness (QED) is 0.248. The van der Waals surface area contributed by atoms with Crippen molar-refractivity contribution in [3.05, 3.63) is 164 Å². The monoisotopic (exact) mass is 728 g/mol. The van der Waals surface area contributed by atoms with Crippen LogP contribution in [-0.2, 0) is 21.3 Å². The van der Waals surface area contributed by atoms with Gasteiger partial charge in [0.2, 0.25) is 0 Å². The van der Waals surface area contributed by atoms with Crippen LogP contribution in [0.1, 0.15) is 71.1 Å². The summed E-state index contributed by atoms with van der Waals surface area (Å²) in [5.74, 6) is -0.195. The van der Waals surface area contributed by atoms with E-state index >= 15 is 0 Å². The van der Waals surface area contributed by atoms with E-state index in [0.29, 0.717) is 5.92 Å². The van der Waals surface area contributed by atoms with Gasteiger partial charge in [-0.2, -0.15) is 0 Å². The molecule has 0 nitrogen and oxygen atoms in total. The smallest absolute Gasteiger partial charge is 1.00 e. The van der Waals surface area contributed by atoms with Crippen LogP contribution in [0.3, 0.4) is 0 Å². The van der Waals surface area contributed by atoms with Gasteiger partial charge in [-0.25, -0.2) is 0 Å². The second kappa shape index (κ2) is 14.4. The number of rotatable bonds is 7. The maximum atomic E-state index is 14.4. The summed E-state index contributed by atoms with van der Waals surface area (Å²) < 4.78 is 31.7. The Hall–Kier alpha value is -2.97. The molecule has 0 bridgehead atoms. The molecular formula is C41H38Cl2F2Zr. The van der Waals surface area contributed by atoms with E-state index in [1.807, 2.05) is 36.4 Å². The minimum Gasteiger partial charge on any atom is -1.00 e. The van der Waals surface area contributed by atoms with Gasteiger partial charge in [0.1, 0.15) is 0 Å². The molecule has 0 saturated heterocycles. The fraction of sp³-hybridized carbons (Fsp3) is 0.195. The van der Waals surface area contributed by atoms with Crippen LogP contribution in [0.15, 0.2) is 119 Å². The predicted molar refractivity (Wildman–Crippen MR) is 179 cm³/mol. The molecule has 2 aliphatic rings. The molecule has 2 aliphatic carbocycles. The summed E-state index contributed by atoms with van der Waals surface area (Å²) in [7, 11) is 0. The van der Waals surface area contributed by atoms with E-state index < -0.39 is 21.3 Å². The van der Waals surface area contributed by atoms with Crippen molar-refractivity contribution in [1.29, 1.82) is 0 Å². The number of halogens is 4.